The molecule has 0 heterocycles. The largest absolute Gasteiger partial charge is 0.493 e. The monoisotopic (exact) mass is 253 g/mol. The lowest BCUT2D eigenvalue weighted by molar-refractivity contribution is 0.174. The molecule has 0 saturated carbocycles. The van der Waals surface area contributed by atoms with Crippen LogP contribution < -0.4 is 14.8 Å². The summed E-state index contributed by atoms with van der Waals surface area (Å²) in [6.07, 6.45) is 0. The Bertz CT molecular complexity index is 366. The normalized spacial score (nSPS) is 12.6. The number of methoxy groups -OCH3 is 1. The molecule has 0 aromatic heterocycles. The van der Waals surface area contributed by atoms with Gasteiger partial charge in [-0.25, -0.2) is 0 Å². The number of ether oxygens (including phenoxy) is 2. The summed E-state index contributed by atoms with van der Waals surface area (Å²) >= 11 is 0. The molecule has 0 aliphatic heterocycles. The number of aryl methyl sites for hydroxylation is 1. The molecule has 0 aliphatic rings. The van der Waals surface area contributed by atoms with E-state index in [1.165, 1.54) is 0 Å². The molecule has 4 heteroatoms. The number of rotatable bonds is 7. The van der Waals surface area contributed by atoms with Gasteiger partial charge in [0.15, 0.2) is 11.5 Å². The number of aliphatic hydroxyl groups is 1. The second-order valence-corrected chi connectivity index (χ2v) is 4.67. The van der Waals surface area contributed by atoms with Gasteiger partial charge in [0.05, 0.1) is 19.8 Å². The summed E-state index contributed by atoms with van der Waals surface area (Å²) < 4.78 is 11.0. The van der Waals surface area contributed by atoms with Crippen molar-refractivity contribution in [1.82, 2.24) is 5.32 Å². The third kappa shape index (κ3) is 4.55. The van der Waals surface area contributed by atoms with Crippen molar-refractivity contribution in [2.45, 2.75) is 32.9 Å². The number of aliphatic hydroxyl groups excluding tert-OH is 1. The van der Waals surface area contributed by atoms with Crippen LogP contribution in [0.25, 0.3) is 0 Å². The number of hydrogen-bond acceptors (Lipinski definition) is 4. The first-order chi connectivity index (χ1) is 8.56. The fourth-order valence-electron chi connectivity index (χ4n) is 1.71. The van der Waals surface area contributed by atoms with Crippen LogP contribution in [0.1, 0.15) is 19.4 Å². The van der Waals surface area contributed by atoms with E-state index in [4.69, 9.17) is 9.47 Å². The van der Waals surface area contributed by atoms with Crippen molar-refractivity contribution in [3.63, 3.8) is 0 Å². The summed E-state index contributed by atoms with van der Waals surface area (Å²) in [7, 11) is 1.62. The van der Waals surface area contributed by atoms with Crippen molar-refractivity contribution in [2.24, 2.45) is 0 Å². The Kier molecular flexibility index (Phi) is 5.95. The molecular formula is C14H23NO3. The molecule has 2 N–H and O–H groups in total. The molecule has 0 spiro atoms. The van der Waals surface area contributed by atoms with E-state index in [-0.39, 0.29) is 12.6 Å². The fourth-order valence-corrected chi connectivity index (χ4v) is 1.71. The average molecular weight is 253 g/mol. The van der Waals surface area contributed by atoms with Gasteiger partial charge in [-0.2, -0.15) is 0 Å². The second kappa shape index (κ2) is 7.24. The van der Waals surface area contributed by atoms with Gasteiger partial charge in [-0.15, -0.1) is 0 Å². The van der Waals surface area contributed by atoms with Gasteiger partial charge in [-0.05, 0) is 24.6 Å². The van der Waals surface area contributed by atoms with Crippen LogP contribution in [-0.2, 0) is 0 Å². The first-order valence-corrected chi connectivity index (χ1v) is 6.21. The van der Waals surface area contributed by atoms with Gasteiger partial charge in [0.1, 0.15) is 6.61 Å². The van der Waals surface area contributed by atoms with Crippen LogP contribution in [0.2, 0.25) is 0 Å². The lowest BCUT2D eigenvalue weighted by Crippen LogP contribution is -2.41. The SMILES string of the molecule is COc1cc(C)ccc1OCC(CO)NC(C)C. The first-order valence-electron chi connectivity index (χ1n) is 6.21. The highest BCUT2D eigenvalue weighted by Gasteiger charge is 2.11. The summed E-state index contributed by atoms with van der Waals surface area (Å²) in [6, 6.07) is 6.03. The predicted octanol–water partition coefficient (Wildman–Crippen LogP) is 1.74. The minimum Gasteiger partial charge on any atom is -0.493 e. The molecule has 0 aliphatic carbocycles. The molecular weight excluding hydrogens is 230 g/mol. The average Bonchev–Trinajstić information content (AvgIpc) is 2.34. The lowest BCUT2D eigenvalue weighted by atomic mass is 10.2. The van der Waals surface area contributed by atoms with Gasteiger partial charge in [-0.1, -0.05) is 19.9 Å². The third-order valence-electron chi connectivity index (χ3n) is 2.55. The van der Waals surface area contributed by atoms with E-state index in [0.717, 1.165) is 11.3 Å². The minimum absolute atomic E-state index is 0.0480. The van der Waals surface area contributed by atoms with Crippen LogP contribution in [0.3, 0.4) is 0 Å². The molecule has 1 aromatic carbocycles. The van der Waals surface area contributed by atoms with Gasteiger partial charge in [-0.3, -0.25) is 0 Å². The molecule has 0 fully saturated rings. The van der Waals surface area contributed by atoms with Gasteiger partial charge in [0.25, 0.3) is 0 Å². The van der Waals surface area contributed by atoms with E-state index in [2.05, 4.69) is 5.32 Å². The maximum Gasteiger partial charge on any atom is 0.161 e. The minimum atomic E-state index is -0.0731. The molecule has 0 saturated heterocycles. The summed E-state index contributed by atoms with van der Waals surface area (Å²) in [4.78, 5) is 0. The van der Waals surface area contributed by atoms with Crippen LogP contribution in [0, 0.1) is 6.92 Å². The van der Waals surface area contributed by atoms with Crippen molar-refractivity contribution >= 4 is 0 Å². The highest BCUT2D eigenvalue weighted by atomic mass is 16.5. The maximum absolute atomic E-state index is 9.25. The first kappa shape index (κ1) is 14.8. The highest BCUT2D eigenvalue weighted by molar-refractivity contribution is 5.42. The molecule has 4 nitrogen and oxygen atoms in total. The topological polar surface area (TPSA) is 50.7 Å². The van der Waals surface area contributed by atoms with Crippen molar-refractivity contribution in [2.75, 3.05) is 20.3 Å². The predicted molar refractivity (Wildman–Crippen MR) is 72.4 cm³/mol. The second-order valence-electron chi connectivity index (χ2n) is 4.67. The molecule has 1 aromatic rings. The molecule has 0 bridgehead atoms. The van der Waals surface area contributed by atoms with Crippen molar-refractivity contribution in [1.29, 1.82) is 0 Å². The Morgan fingerprint density at radius 3 is 2.56 bits per heavy atom. The molecule has 1 unspecified atom stereocenters. The van der Waals surface area contributed by atoms with E-state index in [9.17, 15) is 5.11 Å². The van der Waals surface area contributed by atoms with Crippen LogP contribution in [0.4, 0.5) is 0 Å². The van der Waals surface area contributed by atoms with Crippen LogP contribution in [0.5, 0.6) is 11.5 Å². The Balaban J connectivity index is 2.61. The van der Waals surface area contributed by atoms with Crippen molar-refractivity contribution in [3.8, 4) is 11.5 Å². The maximum atomic E-state index is 9.25. The standard InChI is InChI=1S/C14H23NO3/c1-10(2)15-12(8-16)9-18-13-6-5-11(3)7-14(13)17-4/h5-7,10,12,15-16H,8-9H2,1-4H3. The van der Waals surface area contributed by atoms with E-state index < -0.39 is 0 Å². The fraction of sp³-hybridized carbons (Fsp3) is 0.571. The van der Waals surface area contributed by atoms with Crippen LogP contribution >= 0.6 is 0 Å². The summed E-state index contributed by atoms with van der Waals surface area (Å²) in [5.41, 5.74) is 1.12. The number of benzene rings is 1. The van der Waals surface area contributed by atoms with Gasteiger partial charge in [0.2, 0.25) is 0 Å². The van der Waals surface area contributed by atoms with Gasteiger partial charge >= 0.3 is 0 Å². The highest BCUT2D eigenvalue weighted by Crippen LogP contribution is 2.27. The smallest absolute Gasteiger partial charge is 0.161 e. The zero-order valence-electron chi connectivity index (χ0n) is 11.6. The Morgan fingerprint density at radius 2 is 2.00 bits per heavy atom. The molecule has 1 atom stereocenters. The van der Waals surface area contributed by atoms with Crippen molar-refractivity contribution in [3.05, 3.63) is 23.8 Å². The Morgan fingerprint density at radius 1 is 1.28 bits per heavy atom. The summed E-state index contributed by atoms with van der Waals surface area (Å²) in [6.45, 7) is 6.54. The lowest BCUT2D eigenvalue weighted by Gasteiger charge is -2.20. The molecule has 0 radical (unpaired) electrons. The summed E-state index contributed by atoms with van der Waals surface area (Å²) in [5.74, 6) is 1.42. The quantitative estimate of drug-likeness (QED) is 0.777. The summed E-state index contributed by atoms with van der Waals surface area (Å²) in [5, 5.41) is 12.5. The Labute approximate surface area is 109 Å². The molecule has 18 heavy (non-hydrogen) atoms. The van der Waals surface area contributed by atoms with Gasteiger partial charge < -0.3 is 19.9 Å². The van der Waals surface area contributed by atoms with E-state index in [1.54, 1.807) is 7.11 Å². The van der Waals surface area contributed by atoms with Crippen LogP contribution in [0.15, 0.2) is 18.2 Å². The van der Waals surface area contributed by atoms with Gasteiger partial charge in [0, 0.05) is 6.04 Å². The Hall–Kier alpha value is -1.26. The number of nitrogens with one attached hydrogen (secondary N) is 1. The van der Waals surface area contributed by atoms with Crippen LogP contribution in [-0.4, -0.2) is 37.5 Å². The number of hydrogen-bond donors (Lipinski definition) is 2. The van der Waals surface area contributed by atoms with E-state index in [0.29, 0.717) is 18.4 Å². The molecule has 0 amide bonds. The van der Waals surface area contributed by atoms with E-state index >= 15 is 0 Å². The molecule has 1 rings (SSSR count). The zero-order valence-corrected chi connectivity index (χ0v) is 11.6. The van der Waals surface area contributed by atoms with E-state index in [1.807, 2.05) is 39.0 Å². The third-order valence-corrected chi connectivity index (χ3v) is 2.55. The van der Waals surface area contributed by atoms with Crippen molar-refractivity contribution < 1.29 is 14.6 Å². The molecule has 102 valence electrons. The zero-order chi connectivity index (χ0) is 13.5.